The standard InChI is InChI=1S/C20H17Cl2NO4/c1-23-18(13(7-8-24)11-4-6-16(21)17(22)10-11)15-9-12(20(26)27-2)3-5-14(15)19(23)25/h3-6,8-10,13,18H,7H2,1-2H3. The lowest BCUT2D eigenvalue weighted by Gasteiger charge is -2.29. The zero-order valence-corrected chi connectivity index (χ0v) is 16.3. The Morgan fingerprint density at radius 2 is 1.96 bits per heavy atom. The van der Waals surface area contributed by atoms with Crippen molar-refractivity contribution in [1.82, 2.24) is 4.90 Å². The summed E-state index contributed by atoms with van der Waals surface area (Å²) in [5.41, 5.74) is 2.33. The third-order valence-electron chi connectivity index (χ3n) is 4.86. The molecule has 0 aliphatic carbocycles. The van der Waals surface area contributed by atoms with Gasteiger partial charge in [0.25, 0.3) is 5.91 Å². The van der Waals surface area contributed by atoms with E-state index in [4.69, 9.17) is 27.9 Å². The van der Waals surface area contributed by atoms with Gasteiger partial charge in [-0.15, -0.1) is 0 Å². The number of hydrogen-bond acceptors (Lipinski definition) is 4. The van der Waals surface area contributed by atoms with Crippen LogP contribution in [-0.4, -0.2) is 37.2 Å². The molecule has 2 unspecified atom stereocenters. The van der Waals surface area contributed by atoms with Crippen LogP contribution in [0.4, 0.5) is 0 Å². The van der Waals surface area contributed by atoms with E-state index in [1.165, 1.54) is 7.11 Å². The molecule has 0 radical (unpaired) electrons. The number of ether oxygens (including phenoxy) is 1. The Morgan fingerprint density at radius 3 is 2.59 bits per heavy atom. The first-order valence-electron chi connectivity index (χ1n) is 8.27. The highest BCUT2D eigenvalue weighted by atomic mass is 35.5. The van der Waals surface area contributed by atoms with Crippen LogP contribution in [0.1, 0.15) is 50.2 Å². The van der Waals surface area contributed by atoms with Crippen molar-refractivity contribution >= 4 is 41.4 Å². The predicted octanol–water partition coefficient (Wildman–Crippen LogP) is 4.28. The Balaban J connectivity index is 2.13. The number of hydrogen-bond donors (Lipinski definition) is 0. The van der Waals surface area contributed by atoms with Crippen molar-refractivity contribution in [1.29, 1.82) is 0 Å². The van der Waals surface area contributed by atoms with E-state index in [2.05, 4.69) is 0 Å². The van der Waals surface area contributed by atoms with Gasteiger partial charge >= 0.3 is 5.97 Å². The second-order valence-corrected chi connectivity index (χ2v) is 7.15. The van der Waals surface area contributed by atoms with Gasteiger partial charge in [0.2, 0.25) is 0 Å². The van der Waals surface area contributed by atoms with E-state index in [1.807, 2.05) is 0 Å². The van der Waals surface area contributed by atoms with Crippen molar-refractivity contribution in [3.8, 4) is 0 Å². The highest BCUT2D eigenvalue weighted by Crippen LogP contribution is 2.44. The molecule has 1 amide bonds. The summed E-state index contributed by atoms with van der Waals surface area (Å²) in [6, 6.07) is 9.59. The first kappa shape index (κ1) is 19.4. The second-order valence-electron chi connectivity index (χ2n) is 6.34. The maximum Gasteiger partial charge on any atom is 0.337 e. The minimum absolute atomic E-state index is 0.164. The van der Waals surface area contributed by atoms with Crippen LogP contribution in [-0.2, 0) is 9.53 Å². The molecule has 1 heterocycles. The highest BCUT2D eigenvalue weighted by molar-refractivity contribution is 6.42. The molecule has 2 aromatic carbocycles. The molecule has 7 heteroatoms. The predicted molar refractivity (Wildman–Crippen MR) is 103 cm³/mol. The highest BCUT2D eigenvalue weighted by Gasteiger charge is 2.40. The van der Waals surface area contributed by atoms with Gasteiger partial charge in [0, 0.05) is 24.9 Å². The van der Waals surface area contributed by atoms with Gasteiger partial charge in [0.1, 0.15) is 6.29 Å². The van der Waals surface area contributed by atoms with Crippen molar-refractivity contribution in [2.24, 2.45) is 0 Å². The third-order valence-corrected chi connectivity index (χ3v) is 5.60. The number of halogens is 2. The Labute approximate surface area is 166 Å². The molecule has 0 N–H and O–H groups in total. The first-order chi connectivity index (χ1) is 12.9. The van der Waals surface area contributed by atoms with Gasteiger partial charge in [0.15, 0.2) is 0 Å². The van der Waals surface area contributed by atoms with Crippen LogP contribution in [0.5, 0.6) is 0 Å². The van der Waals surface area contributed by atoms with E-state index < -0.39 is 12.0 Å². The first-order valence-corrected chi connectivity index (χ1v) is 9.02. The smallest absolute Gasteiger partial charge is 0.337 e. The lowest BCUT2D eigenvalue weighted by atomic mass is 9.84. The van der Waals surface area contributed by atoms with E-state index in [-0.39, 0.29) is 18.2 Å². The molecule has 0 fully saturated rings. The maximum atomic E-state index is 12.7. The van der Waals surface area contributed by atoms with Gasteiger partial charge in [-0.05, 0) is 41.5 Å². The summed E-state index contributed by atoms with van der Waals surface area (Å²) in [5.74, 6) is -0.984. The number of esters is 1. The molecule has 3 rings (SSSR count). The number of nitrogens with zero attached hydrogens (tertiary/aromatic N) is 1. The molecule has 0 bridgehead atoms. The van der Waals surface area contributed by atoms with Crippen LogP contribution in [0.2, 0.25) is 10.0 Å². The second kappa shape index (κ2) is 7.71. The summed E-state index contributed by atoms with van der Waals surface area (Å²) in [5, 5.41) is 0.787. The quantitative estimate of drug-likeness (QED) is 0.549. The lowest BCUT2D eigenvalue weighted by molar-refractivity contribution is -0.108. The van der Waals surface area contributed by atoms with Gasteiger partial charge < -0.3 is 14.4 Å². The number of aldehydes is 1. The summed E-state index contributed by atoms with van der Waals surface area (Å²) in [6.45, 7) is 0. The molecule has 140 valence electrons. The van der Waals surface area contributed by atoms with E-state index in [0.29, 0.717) is 26.7 Å². The van der Waals surface area contributed by atoms with E-state index in [0.717, 1.165) is 11.8 Å². The van der Waals surface area contributed by atoms with Crippen molar-refractivity contribution in [2.75, 3.05) is 14.2 Å². The fraction of sp³-hybridized carbons (Fsp3) is 0.250. The number of amides is 1. The Morgan fingerprint density at radius 1 is 1.22 bits per heavy atom. The molecule has 27 heavy (non-hydrogen) atoms. The summed E-state index contributed by atoms with van der Waals surface area (Å²) in [7, 11) is 2.98. The molecule has 1 aliphatic rings. The number of fused-ring (bicyclic) bond motifs is 1. The normalized spacial score (nSPS) is 16.8. The van der Waals surface area contributed by atoms with E-state index in [1.54, 1.807) is 48.3 Å². The van der Waals surface area contributed by atoms with Crippen LogP contribution in [0.15, 0.2) is 36.4 Å². The van der Waals surface area contributed by atoms with Gasteiger partial charge in [-0.2, -0.15) is 0 Å². The Kier molecular flexibility index (Phi) is 5.53. The molecule has 5 nitrogen and oxygen atoms in total. The van der Waals surface area contributed by atoms with Crippen LogP contribution in [0.3, 0.4) is 0 Å². The monoisotopic (exact) mass is 405 g/mol. The molecule has 0 saturated carbocycles. The Bertz CT molecular complexity index is 928. The summed E-state index contributed by atoms with van der Waals surface area (Å²) >= 11 is 12.2. The van der Waals surface area contributed by atoms with Gasteiger partial charge in [-0.1, -0.05) is 29.3 Å². The van der Waals surface area contributed by atoms with Crippen LogP contribution < -0.4 is 0 Å². The fourth-order valence-electron chi connectivity index (χ4n) is 3.55. The van der Waals surface area contributed by atoms with Crippen LogP contribution in [0, 0.1) is 0 Å². The summed E-state index contributed by atoms with van der Waals surface area (Å²) in [4.78, 5) is 37.6. The molecule has 0 aromatic heterocycles. The fourth-order valence-corrected chi connectivity index (χ4v) is 3.86. The average molecular weight is 406 g/mol. The van der Waals surface area contributed by atoms with Crippen LogP contribution >= 0.6 is 23.2 Å². The third kappa shape index (κ3) is 3.45. The van der Waals surface area contributed by atoms with Gasteiger partial charge in [-0.3, -0.25) is 4.79 Å². The average Bonchev–Trinajstić information content (AvgIpc) is 2.91. The lowest BCUT2D eigenvalue weighted by Crippen LogP contribution is -2.28. The van der Waals surface area contributed by atoms with E-state index >= 15 is 0 Å². The zero-order valence-electron chi connectivity index (χ0n) is 14.7. The number of likely N-dealkylation sites (N-methyl/N-ethyl adjacent to an activating group) is 1. The topological polar surface area (TPSA) is 63.7 Å². The summed E-state index contributed by atoms with van der Waals surface area (Å²) in [6.07, 6.45) is 0.996. The number of carbonyl (C=O) groups excluding carboxylic acids is 3. The molecular weight excluding hydrogens is 389 g/mol. The minimum atomic E-state index is -0.486. The molecule has 2 aromatic rings. The zero-order chi connectivity index (χ0) is 19.7. The van der Waals surface area contributed by atoms with Crippen molar-refractivity contribution in [3.05, 3.63) is 68.7 Å². The summed E-state index contributed by atoms with van der Waals surface area (Å²) < 4.78 is 4.78. The number of methoxy groups -OCH3 is 1. The number of rotatable bonds is 5. The number of carbonyl (C=O) groups is 3. The molecule has 2 atom stereocenters. The van der Waals surface area contributed by atoms with Gasteiger partial charge in [0.05, 0.1) is 28.8 Å². The minimum Gasteiger partial charge on any atom is -0.465 e. The maximum absolute atomic E-state index is 12.7. The Hall–Kier alpha value is -2.37. The van der Waals surface area contributed by atoms with Crippen LogP contribution in [0.25, 0.3) is 0 Å². The molecule has 0 saturated heterocycles. The molecule has 1 aliphatic heterocycles. The van der Waals surface area contributed by atoms with Crippen molar-refractivity contribution in [2.45, 2.75) is 18.4 Å². The van der Waals surface area contributed by atoms with Crippen molar-refractivity contribution in [3.63, 3.8) is 0 Å². The van der Waals surface area contributed by atoms with Crippen molar-refractivity contribution < 1.29 is 19.1 Å². The SMILES string of the molecule is COC(=O)c1ccc2c(c1)C(C(CC=O)c1ccc(Cl)c(Cl)c1)N(C)C2=O. The molecule has 0 spiro atoms. The van der Waals surface area contributed by atoms with E-state index in [9.17, 15) is 14.4 Å². The molecular formula is C20H17Cl2NO4. The number of benzene rings is 2. The van der Waals surface area contributed by atoms with Gasteiger partial charge in [-0.25, -0.2) is 4.79 Å². The largest absolute Gasteiger partial charge is 0.465 e.